The molecule has 1 spiro atoms. The van der Waals surface area contributed by atoms with E-state index in [4.69, 9.17) is 0 Å². The fourth-order valence-electron chi connectivity index (χ4n) is 6.41. The van der Waals surface area contributed by atoms with Crippen LogP contribution in [0, 0.1) is 23.6 Å². The number of fused-ring (bicyclic) bond motifs is 4. The highest BCUT2D eigenvalue weighted by molar-refractivity contribution is 5.79. The third-order valence-electron chi connectivity index (χ3n) is 8.14. The molecule has 156 valence electrons. The zero-order chi connectivity index (χ0) is 20.0. The quantitative estimate of drug-likeness (QED) is 0.659. The monoisotopic (exact) mass is 396 g/mol. The molecule has 29 heavy (non-hydrogen) atoms. The number of carbonyl (C=O) groups is 1. The minimum Gasteiger partial charge on any atom is -0.370 e. The van der Waals surface area contributed by atoms with E-state index in [2.05, 4.69) is 22.0 Å². The Morgan fingerprint density at radius 2 is 2.03 bits per heavy atom. The van der Waals surface area contributed by atoms with Crippen molar-refractivity contribution in [1.29, 1.82) is 0 Å². The van der Waals surface area contributed by atoms with E-state index in [1.54, 1.807) is 12.1 Å². The first-order valence-corrected chi connectivity index (χ1v) is 11.5. The number of Topliss-reactive ketones (excluding diaryl/α,β-unsaturated/α-hetero) is 1. The maximum Gasteiger partial charge on any atom is 0.134 e. The predicted molar refractivity (Wildman–Crippen MR) is 115 cm³/mol. The van der Waals surface area contributed by atoms with Crippen LogP contribution in [-0.4, -0.2) is 43.4 Å². The molecule has 2 bridgehead atoms. The number of rotatable bonds is 6. The van der Waals surface area contributed by atoms with Gasteiger partial charge in [-0.15, -0.1) is 0 Å². The average molecular weight is 397 g/mol. The predicted octanol–water partition coefficient (Wildman–Crippen LogP) is 4.56. The number of piperidine rings is 1. The van der Waals surface area contributed by atoms with E-state index in [1.165, 1.54) is 24.9 Å². The fraction of sp³-hybridized carbons (Fsp3) is 0.640. The topological polar surface area (TPSA) is 23.6 Å². The van der Waals surface area contributed by atoms with Gasteiger partial charge >= 0.3 is 0 Å². The van der Waals surface area contributed by atoms with Crippen molar-refractivity contribution in [3.05, 3.63) is 41.7 Å². The number of benzene rings is 1. The summed E-state index contributed by atoms with van der Waals surface area (Å²) in [6.07, 6.45) is 11.0. The first-order chi connectivity index (χ1) is 14.1. The van der Waals surface area contributed by atoms with Gasteiger partial charge in [-0.3, -0.25) is 4.79 Å². The zero-order valence-electron chi connectivity index (χ0n) is 17.6. The standard InChI is InChI=1S/C25H33FN2O/c1-2-22(29)7-10-28-17-25(23-15-21(26)5-6-24(23)28)8-11-27(12-9-25)16-20-14-18-3-4-19(20)13-18/h3-6,15,18-20H,2,7-14,16-17H2,1H3/t18-,19+,20+/m1/s1. The van der Waals surface area contributed by atoms with Gasteiger partial charge in [0.1, 0.15) is 11.6 Å². The summed E-state index contributed by atoms with van der Waals surface area (Å²) >= 11 is 0. The average Bonchev–Trinajstić information content (AvgIpc) is 3.42. The van der Waals surface area contributed by atoms with E-state index in [0.717, 1.165) is 62.5 Å². The Kier molecular flexibility index (Phi) is 5.01. The molecular formula is C25H33FN2O. The lowest BCUT2D eigenvalue weighted by molar-refractivity contribution is -0.118. The number of carbonyl (C=O) groups excluding carboxylic acids is 1. The third kappa shape index (κ3) is 3.54. The molecule has 0 radical (unpaired) electrons. The molecule has 2 aliphatic carbocycles. The Morgan fingerprint density at radius 1 is 1.21 bits per heavy atom. The Labute approximate surface area is 173 Å². The van der Waals surface area contributed by atoms with Gasteiger partial charge in [-0.25, -0.2) is 4.39 Å². The molecule has 1 aromatic rings. The highest BCUT2D eigenvalue weighted by Crippen LogP contribution is 2.48. The van der Waals surface area contributed by atoms with E-state index in [9.17, 15) is 9.18 Å². The van der Waals surface area contributed by atoms with Crippen molar-refractivity contribution in [2.24, 2.45) is 17.8 Å². The molecular weight excluding hydrogens is 363 g/mol. The van der Waals surface area contributed by atoms with Crippen molar-refractivity contribution < 1.29 is 9.18 Å². The Hall–Kier alpha value is -1.68. The molecule has 0 amide bonds. The molecule has 1 aromatic carbocycles. The van der Waals surface area contributed by atoms with Crippen molar-refractivity contribution in [3.63, 3.8) is 0 Å². The summed E-state index contributed by atoms with van der Waals surface area (Å²) in [5, 5.41) is 0. The van der Waals surface area contributed by atoms with E-state index in [-0.39, 0.29) is 11.2 Å². The number of ketones is 1. The van der Waals surface area contributed by atoms with Crippen LogP contribution in [0.4, 0.5) is 10.1 Å². The van der Waals surface area contributed by atoms with Crippen molar-refractivity contribution in [2.75, 3.05) is 37.6 Å². The number of allylic oxidation sites excluding steroid dienone is 2. The molecule has 0 unspecified atom stereocenters. The number of halogens is 1. The van der Waals surface area contributed by atoms with Gasteiger partial charge in [0.05, 0.1) is 0 Å². The van der Waals surface area contributed by atoms with E-state index >= 15 is 0 Å². The lowest BCUT2D eigenvalue weighted by atomic mass is 9.74. The summed E-state index contributed by atoms with van der Waals surface area (Å²) in [5.41, 5.74) is 2.39. The van der Waals surface area contributed by atoms with Gasteiger partial charge in [-0.2, -0.15) is 0 Å². The summed E-state index contributed by atoms with van der Waals surface area (Å²) in [5.74, 6) is 2.66. The van der Waals surface area contributed by atoms with E-state index < -0.39 is 0 Å². The number of nitrogens with zero attached hydrogens (tertiary/aromatic N) is 2. The molecule has 3 nitrogen and oxygen atoms in total. The zero-order valence-corrected chi connectivity index (χ0v) is 17.6. The van der Waals surface area contributed by atoms with Crippen molar-refractivity contribution in [2.45, 2.75) is 50.9 Å². The molecule has 1 saturated heterocycles. The third-order valence-corrected chi connectivity index (χ3v) is 8.14. The number of anilines is 1. The summed E-state index contributed by atoms with van der Waals surface area (Å²) in [6, 6.07) is 5.28. The van der Waals surface area contributed by atoms with Gasteiger partial charge < -0.3 is 9.80 Å². The molecule has 3 atom stereocenters. The van der Waals surface area contributed by atoms with Gasteiger partial charge in [0.25, 0.3) is 0 Å². The summed E-state index contributed by atoms with van der Waals surface area (Å²) in [6.45, 7) is 7.07. The van der Waals surface area contributed by atoms with Crippen LogP contribution in [0.25, 0.3) is 0 Å². The van der Waals surface area contributed by atoms with Gasteiger partial charge in [0.15, 0.2) is 0 Å². The molecule has 4 aliphatic rings. The number of hydrogen-bond donors (Lipinski definition) is 0. The van der Waals surface area contributed by atoms with Crippen molar-refractivity contribution in [1.82, 2.24) is 4.90 Å². The van der Waals surface area contributed by atoms with Gasteiger partial charge in [0, 0.05) is 43.6 Å². The molecule has 5 rings (SSSR count). The summed E-state index contributed by atoms with van der Waals surface area (Å²) in [4.78, 5) is 16.9. The smallest absolute Gasteiger partial charge is 0.134 e. The fourth-order valence-corrected chi connectivity index (χ4v) is 6.41. The normalized spacial score (nSPS) is 29.7. The summed E-state index contributed by atoms with van der Waals surface area (Å²) < 4.78 is 14.1. The molecule has 0 N–H and O–H groups in total. The summed E-state index contributed by atoms with van der Waals surface area (Å²) in [7, 11) is 0. The van der Waals surface area contributed by atoms with Gasteiger partial charge in [0.2, 0.25) is 0 Å². The highest BCUT2D eigenvalue weighted by atomic mass is 19.1. The van der Waals surface area contributed by atoms with Gasteiger partial charge in [-0.05, 0) is 80.3 Å². The second kappa shape index (κ2) is 7.54. The van der Waals surface area contributed by atoms with E-state index in [0.29, 0.717) is 18.6 Å². The Bertz CT molecular complexity index is 811. The largest absolute Gasteiger partial charge is 0.370 e. The van der Waals surface area contributed by atoms with Crippen LogP contribution < -0.4 is 4.90 Å². The SMILES string of the molecule is CCC(=O)CCN1CC2(CCN(C[C@@H]3C[C@@H]4C=C[C@H]3C4)CC2)c2cc(F)ccc21. The first-order valence-electron chi connectivity index (χ1n) is 11.5. The minimum atomic E-state index is -0.134. The molecule has 2 aliphatic heterocycles. The maximum atomic E-state index is 14.1. The number of likely N-dealkylation sites (tertiary alicyclic amines) is 1. The minimum absolute atomic E-state index is 0.0534. The molecule has 2 heterocycles. The van der Waals surface area contributed by atoms with Crippen LogP contribution in [0.2, 0.25) is 0 Å². The lowest BCUT2D eigenvalue weighted by Crippen LogP contribution is -2.46. The lowest BCUT2D eigenvalue weighted by Gasteiger charge is -2.41. The second-order valence-electron chi connectivity index (χ2n) is 9.85. The Morgan fingerprint density at radius 3 is 2.72 bits per heavy atom. The first kappa shape index (κ1) is 19.3. The molecule has 2 fully saturated rings. The molecule has 4 heteroatoms. The number of hydrogen-bond acceptors (Lipinski definition) is 3. The van der Waals surface area contributed by atoms with Crippen molar-refractivity contribution >= 4 is 11.5 Å². The van der Waals surface area contributed by atoms with Crippen LogP contribution in [-0.2, 0) is 10.2 Å². The molecule has 1 saturated carbocycles. The van der Waals surface area contributed by atoms with Crippen LogP contribution in [0.5, 0.6) is 0 Å². The highest BCUT2D eigenvalue weighted by Gasteiger charge is 2.45. The second-order valence-corrected chi connectivity index (χ2v) is 9.85. The van der Waals surface area contributed by atoms with Crippen LogP contribution in [0.3, 0.4) is 0 Å². The Balaban J connectivity index is 1.27. The van der Waals surface area contributed by atoms with Crippen LogP contribution in [0.1, 0.15) is 51.0 Å². The van der Waals surface area contributed by atoms with Gasteiger partial charge in [-0.1, -0.05) is 19.1 Å². The van der Waals surface area contributed by atoms with Crippen LogP contribution >= 0.6 is 0 Å². The molecule has 0 aromatic heterocycles. The van der Waals surface area contributed by atoms with Crippen LogP contribution in [0.15, 0.2) is 30.4 Å². The maximum absolute atomic E-state index is 14.1. The van der Waals surface area contributed by atoms with E-state index in [1.807, 2.05) is 13.0 Å². The van der Waals surface area contributed by atoms with Crippen molar-refractivity contribution in [3.8, 4) is 0 Å².